The van der Waals surface area contributed by atoms with Gasteiger partial charge in [-0.2, -0.15) is 5.21 Å². The molecule has 0 amide bonds. The number of hydrogen-bond donors (Lipinski definition) is 1. The highest BCUT2D eigenvalue weighted by Gasteiger charge is 2.24. The van der Waals surface area contributed by atoms with Crippen LogP contribution in [0.3, 0.4) is 0 Å². The summed E-state index contributed by atoms with van der Waals surface area (Å²) in [5, 5.41) is 9.77. The van der Waals surface area contributed by atoms with Crippen molar-refractivity contribution in [1.29, 1.82) is 0 Å². The summed E-state index contributed by atoms with van der Waals surface area (Å²) < 4.78 is 6.35. The molecule has 1 atom stereocenters. The molecule has 0 aliphatic heterocycles. The molecule has 7 heteroatoms. The molecule has 6 nitrogen and oxygen atoms in total. The molecule has 88 valence electrons. The fraction of sp³-hybridized carbons (Fsp3) is 0.200. The number of nitrogens with one attached hydrogen (secondary N) is 1. The zero-order valence-corrected chi connectivity index (χ0v) is 9.85. The normalized spacial score (nSPS) is 12.1. The largest absolute Gasteiger partial charge is 0.467 e. The van der Waals surface area contributed by atoms with E-state index in [0.29, 0.717) is 0 Å². The molecule has 0 aliphatic rings. The molecule has 1 aromatic heterocycles. The highest BCUT2D eigenvalue weighted by molar-refractivity contribution is 7.71. The lowest BCUT2D eigenvalue weighted by Gasteiger charge is -2.14. The fourth-order valence-electron chi connectivity index (χ4n) is 1.51. The van der Waals surface area contributed by atoms with E-state index in [1.807, 2.05) is 30.3 Å². The van der Waals surface area contributed by atoms with Crippen molar-refractivity contribution < 1.29 is 9.53 Å². The monoisotopic (exact) mass is 250 g/mol. The minimum atomic E-state index is -0.691. The molecule has 0 saturated heterocycles. The molecule has 2 rings (SSSR count). The van der Waals surface area contributed by atoms with Crippen LogP contribution in [0.2, 0.25) is 0 Å². The molecule has 0 aliphatic carbocycles. The number of tetrazole rings is 1. The Morgan fingerprint density at radius 2 is 2.18 bits per heavy atom. The predicted molar refractivity (Wildman–Crippen MR) is 61.8 cm³/mol. The van der Waals surface area contributed by atoms with Gasteiger partial charge in [-0.3, -0.25) is 0 Å². The zero-order chi connectivity index (χ0) is 12.3. The van der Waals surface area contributed by atoms with Gasteiger partial charge in [0, 0.05) is 0 Å². The van der Waals surface area contributed by atoms with E-state index in [1.54, 1.807) is 0 Å². The summed E-state index contributed by atoms with van der Waals surface area (Å²) in [6, 6.07) is 8.46. The van der Waals surface area contributed by atoms with Gasteiger partial charge in [0.25, 0.3) is 0 Å². The zero-order valence-electron chi connectivity index (χ0n) is 9.03. The number of benzene rings is 1. The first-order chi connectivity index (χ1) is 8.24. The van der Waals surface area contributed by atoms with Crippen LogP contribution in [0.1, 0.15) is 11.6 Å². The first-order valence-electron chi connectivity index (χ1n) is 4.86. The second-order valence-electron chi connectivity index (χ2n) is 3.29. The maximum absolute atomic E-state index is 11.8. The minimum absolute atomic E-state index is 0.198. The first-order valence-corrected chi connectivity index (χ1v) is 5.27. The van der Waals surface area contributed by atoms with E-state index in [9.17, 15) is 4.79 Å². The third-order valence-corrected chi connectivity index (χ3v) is 2.57. The lowest BCUT2D eigenvalue weighted by molar-refractivity contribution is -0.143. The number of aromatic nitrogens is 4. The fourth-order valence-corrected chi connectivity index (χ4v) is 1.70. The lowest BCUT2D eigenvalue weighted by atomic mass is 10.1. The van der Waals surface area contributed by atoms with Crippen molar-refractivity contribution in [1.82, 2.24) is 20.2 Å². The average molecular weight is 250 g/mol. The van der Waals surface area contributed by atoms with Gasteiger partial charge in [-0.1, -0.05) is 40.6 Å². The SMILES string of the molecule is COC(=O)C(c1ccccc1)n1[nH]nnc1=S. The number of carbonyl (C=O) groups is 1. The topological polar surface area (TPSA) is 72.8 Å². The molecule has 0 fully saturated rings. The van der Waals surface area contributed by atoms with Gasteiger partial charge in [0.2, 0.25) is 4.77 Å². The molecular weight excluding hydrogens is 240 g/mol. The standard InChI is InChI=1S/C10H10N4O2S/c1-16-9(15)8(7-5-3-2-4-6-7)14-10(17)11-12-13-14/h2-6,8H,1H3,(H,11,13,17). The van der Waals surface area contributed by atoms with Crippen molar-refractivity contribution in [3.05, 3.63) is 40.7 Å². The van der Waals surface area contributed by atoms with Gasteiger partial charge >= 0.3 is 5.97 Å². The summed E-state index contributed by atoms with van der Waals surface area (Å²) in [4.78, 5) is 11.8. The van der Waals surface area contributed by atoms with E-state index in [4.69, 9.17) is 17.0 Å². The number of nitrogens with zero attached hydrogens (tertiary/aromatic N) is 3. The second-order valence-corrected chi connectivity index (χ2v) is 3.65. The average Bonchev–Trinajstić information content (AvgIpc) is 2.77. The molecule has 17 heavy (non-hydrogen) atoms. The van der Waals surface area contributed by atoms with Crippen LogP contribution in [0, 0.1) is 4.77 Å². The van der Waals surface area contributed by atoms with Crippen LogP contribution in [0.15, 0.2) is 30.3 Å². The van der Waals surface area contributed by atoms with E-state index in [-0.39, 0.29) is 4.77 Å². The molecule has 0 radical (unpaired) electrons. The smallest absolute Gasteiger partial charge is 0.335 e. The Kier molecular flexibility index (Phi) is 3.29. The summed E-state index contributed by atoms with van der Waals surface area (Å²) in [5.74, 6) is -0.432. The molecule has 0 bridgehead atoms. The number of rotatable bonds is 3. The van der Waals surface area contributed by atoms with Crippen LogP contribution in [-0.4, -0.2) is 33.3 Å². The molecule has 2 aromatic rings. The third kappa shape index (κ3) is 2.23. The Balaban J connectivity index is 2.51. The lowest BCUT2D eigenvalue weighted by Crippen LogP contribution is -2.23. The maximum atomic E-state index is 11.8. The first kappa shape index (κ1) is 11.5. The van der Waals surface area contributed by atoms with Crippen molar-refractivity contribution in [2.24, 2.45) is 0 Å². The molecule has 1 unspecified atom stereocenters. The molecular formula is C10H10N4O2S. The maximum Gasteiger partial charge on any atom is 0.335 e. The number of H-pyrrole nitrogens is 1. The van der Waals surface area contributed by atoms with E-state index in [0.717, 1.165) is 5.56 Å². The van der Waals surface area contributed by atoms with E-state index in [1.165, 1.54) is 11.8 Å². The number of methoxy groups -OCH3 is 1. The molecule has 1 heterocycles. The van der Waals surface area contributed by atoms with E-state index >= 15 is 0 Å². The molecule has 0 spiro atoms. The Hall–Kier alpha value is -2.02. The Labute approximate surface area is 102 Å². The highest BCUT2D eigenvalue weighted by Crippen LogP contribution is 2.18. The van der Waals surface area contributed by atoms with E-state index in [2.05, 4.69) is 15.5 Å². The van der Waals surface area contributed by atoms with Gasteiger partial charge in [0.05, 0.1) is 7.11 Å². The van der Waals surface area contributed by atoms with Crippen molar-refractivity contribution in [2.45, 2.75) is 6.04 Å². The van der Waals surface area contributed by atoms with Gasteiger partial charge in [-0.25, -0.2) is 9.48 Å². The number of ether oxygens (including phenoxy) is 1. The van der Waals surface area contributed by atoms with Gasteiger partial charge in [-0.05, 0) is 17.8 Å². The van der Waals surface area contributed by atoms with Crippen LogP contribution in [0.25, 0.3) is 0 Å². The summed E-state index contributed by atoms with van der Waals surface area (Å²) in [6.45, 7) is 0. The van der Waals surface area contributed by atoms with Crippen molar-refractivity contribution in [3.8, 4) is 0 Å². The van der Waals surface area contributed by atoms with Crippen LogP contribution < -0.4 is 0 Å². The highest BCUT2D eigenvalue weighted by atomic mass is 32.1. The number of hydrogen-bond acceptors (Lipinski definition) is 5. The summed E-state index contributed by atoms with van der Waals surface area (Å²) in [7, 11) is 1.33. The van der Waals surface area contributed by atoms with Crippen molar-refractivity contribution in [2.75, 3.05) is 7.11 Å². The van der Waals surface area contributed by atoms with Crippen LogP contribution >= 0.6 is 12.2 Å². The second kappa shape index (κ2) is 4.88. The Morgan fingerprint density at radius 3 is 2.71 bits per heavy atom. The van der Waals surface area contributed by atoms with E-state index < -0.39 is 12.0 Å². The quantitative estimate of drug-likeness (QED) is 0.652. The minimum Gasteiger partial charge on any atom is -0.467 e. The number of aromatic amines is 1. The molecule has 1 aromatic carbocycles. The number of carbonyl (C=O) groups excluding carboxylic acids is 1. The number of esters is 1. The third-order valence-electron chi connectivity index (χ3n) is 2.29. The van der Waals surface area contributed by atoms with Crippen LogP contribution in [0.5, 0.6) is 0 Å². The molecule has 1 N–H and O–H groups in total. The van der Waals surface area contributed by atoms with Crippen LogP contribution in [-0.2, 0) is 9.53 Å². The predicted octanol–water partition coefficient (Wildman–Crippen LogP) is 1.10. The molecule has 0 saturated carbocycles. The Morgan fingerprint density at radius 1 is 1.47 bits per heavy atom. The van der Waals surface area contributed by atoms with Gasteiger partial charge < -0.3 is 4.74 Å². The van der Waals surface area contributed by atoms with Gasteiger partial charge in [-0.15, -0.1) is 0 Å². The van der Waals surface area contributed by atoms with Gasteiger partial charge in [0.15, 0.2) is 6.04 Å². The summed E-state index contributed by atoms with van der Waals surface area (Å²) in [6.07, 6.45) is 0. The summed E-state index contributed by atoms with van der Waals surface area (Å²) >= 11 is 4.98. The van der Waals surface area contributed by atoms with Crippen LogP contribution in [0.4, 0.5) is 0 Å². The van der Waals surface area contributed by atoms with Gasteiger partial charge in [0.1, 0.15) is 0 Å². The summed E-state index contributed by atoms with van der Waals surface area (Å²) in [5.41, 5.74) is 0.751. The Bertz CT molecular complexity index is 563. The van der Waals surface area contributed by atoms with Crippen molar-refractivity contribution in [3.63, 3.8) is 0 Å². The van der Waals surface area contributed by atoms with Crippen molar-refractivity contribution >= 4 is 18.2 Å².